The smallest absolute Gasteiger partial charge is 0.241 e. The molecule has 0 aliphatic heterocycles. The average molecular weight is 328 g/mol. The van der Waals surface area contributed by atoms with Crippen LogP contribution in [0.1, 0.15) is 43.2 Å². The predicted octanol–water partition coefficient (Wildman–Crippen LogP) is 2.61. The van der Waals surface area contributed by atoms with Gasteiger partial charge in [-0.3, -0.25) is 9.48 Å². The van der Waals surface area contributed by atoms with E-state index in [0.717, 1.165) is 24.0 Å². The lowest BCUT2D eigenvalue weighted by Crippen LogP contribution is -2.27. The maximum Gasteiger partial charge on any atom is 0.241 e. The topological polar surface area (TPSA) is 69.0 Å². The summed E-state index contributed by atoms with van der Waals surface area (Å²) in [6.45, 7) is 2.63. The van der Waals surface area contributed by atoms with Crippen LogP contribution in [0.2, 0.25) is 0 Å². The molecule has 0 aromatic carbocycles. The number of nitrogens with one attached hydrogen (secondary N) is 1. The molecule has 1 aliphatic carbocycles. The third-order valence-corrected chi connectivity index (χ3v) is 4.19. The molecule has 128 valence electrons. The molecule has 2 aromatic rings. The number of aryl methyl sites for hydroxylation is 1. The first-order valence-corrected chi connectivity index (χ1v) is 8.56. The molecule has 2 aromatic heterocycles. The molecule has 1 fully saturated rings. The molecule has 6 nitrogen and oxygen atoms in total. The minimum atomic E-state index is -0.0689. The second-order valence-corrected chi connectivity index (χ2v) is 6.37. The van der Waals surface area contributed by atoms with Gasteiger partial charge in [-0.1, -0.05) is 12.5 Å². The molecule has 1 amide bonds. The van der Waals surface area contributed by atoms with Gasteiger partial charge in [-0.05, 0) is 43.7 Å². The summed E-state index contributed by atoms with van der Waals surface area (Å²) < 4.78 is 7.54. The minimum absolute atomic E-state index is 0.0689. The Hall–Kier alpha value is -2.37. The van der Waals surface area contributed by atoms with E-state index in [2.05, 4.69) is 15.4 Å². The van der Waals surface area contributed by atoms with Crippen LogP contribution in [0.15, 0.2) is 30.7 Å². The molecule has 1 aliphatic rings. The highest BCUT2D eigenvalue weighted by Crippen LogP contribution is 2.22. The largest absolute Gasteiger partial charge is 0.474 e. The fraction of sp³-hybridized carbons (Fsp3) is 0.500. The molecule has 1 saturated carbocycles. The van der Waals surface area contributed by atoms with Crippen LogP contribution >= 0.6 is 0 Å². The lowest BCUT2D eigenvalue weighted by Gasteiger charge is -2.22. The Labute approximate surface area is 142 Å². The van der Waals surface area contributed by atoms with Gasteiger partial charge in [0.25, 0.3) is 0 Å². The summed E-state index contributed by atoms with van der Waals surface area (Å²) in [7, 11) is 0. The SMILES string of the molecule is Cc1cnn(CC(=O)NCc2ccc(OC3CCCCC3)nc2)c1. The molecule has 0 unspecified atom stereocenters. The van der Waals surface area contributed by atoms with E-state index in [-0.39, 0.29) is 12.5 Å². The third-order valence-electron chi connectivity index (χ3n) is 4.19. The number of hydrogen-bond donors (Lipinski definition) is 1. The van der Waals surface area contributed by atoms with Crippen molar-refractivity contribution in [3.8, 4) is 5.88 Å². The molecule has 3 rings (SSSR count). The molecule has 0 spiro atoms. The van der Waals surface area contributed by atoms with Gasteiger partial charge in [-0.25, -0.2) is 4.98 Å². The summed E-state index contributed by atoms with van der Waals surface area (Å²) >= 11 is 0. The van der Waals surface area contributed by atoms with Crippen molar-refractivity contribution in [2.75, 3.05) is 0 Å². The van der Waals surface area contributed by atoms with E-state index < -0.39 is 0 Å². The zero-order valence-electron chi connectivity index (χ0n) is 14.1. The Kier molecular flexibility index (Phi) is 5.46. The summed E-state index contributed by atoms with van der Waals surface area (Å²) in [6, 6.07) is 3.83. The first-order chi connectivity index (χ1) is 11.7. The summed E-state index contributed by atoms with van der Waals surface area (Å²) in [4.78, 5) is 16.3. The number of nitrogens with zero attached hydrogens (tertiary/aromatic N) is 3. The molecule has 0 radical (unpaired) electrons. The number of ether oxygens (including phenoxy) is 1. The second-order valence-electron chi connectivity index (χ2n) is 6.37. The first kappa shape index (κ1) is 16.5. The molecule has 0 atom stereocenters. The van der Waals surface area contributed by atoms with E-state index in [1.54, 1.807) is 17.1 Å². The van der Waals surface area contributed by atoms with Crippen LogP contribution in [-0.4, -0.2) is 26.8 Å². The lowest BCUT2D eigenvalue weighted by atomic mass is 9.98. The Morgan fingerprint density at radius 3 is 2.79 bits per heavy atom. The van der Waals surface area contributed by atoms with Crippen LogP contribution in [0.25, 0.3) is 0 Å². The third kappa shape index (κ3) is 4.81. The zero-order valence-corrected chi connectivity index (χ0v) is 14.1. The first-order valence-electron chi connectivity index (χ1n) is 8.56. The van der Waals surface area contributed by atoms with Crippen molar-refractivity contribution in [2.24, 2.45) is 0 Å². The molecule has 0 saturated heterocycles. The number of aromatic nitrogens is 3. The van der Waals surface area contributed by atoms with Crippen molar-refractivity contribution >= 4 is 5.91 Å². The van der Waals surface area contributed by atoms with Gasteiger partial charge in [-0.15, -0.1) is 0 Å². The summed E-state index contributed by atoms with van der Waals surface area (Å²) in [5.74, 6) is 0.602. The number of pyridine rings is 1. The molecular weight excluding hydrogens is 304 g/mol. The van der Waals surface area contributed by atoms with E-state index in [0.29, 0.717) is 18.5 Å². The van der Waals surface area contributed by atoms with E-state index in [4.69, 9.17) is 4.74 Å². The van der Waals surface area contributed by atoms with E-state index in [1.165, 1.54) is 19.3 Å². The van der Waals surface area contributed by atoms with Gasteiger partial charge in [0.15, 0.2) is 0 Å². The number of carbonyl (C=O) groups excluding carboxylic acids is 1. The zero-order chi connectivity index (χ0) is 16.8. The Bertz CT molecular complexity index is 660. The van der Waals surface area contributed by atoms with Crippen LogP contribution in [0, 0.1) is 6.92 Å². The van der Waals surface area contributed by atoms with Gasteiger partial charge in [0.2, 0.25) is 11.8 Å². The summed E-state index contributed by atoms with van der Waals surface area (Å²) in [5.41, 5.74) is 2.00. The second kappa shape index (κ2) is 7.95. The van der Waals surface area contributed by atoms with Crippen LogP contribution in [0.4, 0.5) is 0 Å². The maximum absolute atomic E-state index is 11.9. The fourth-order valence-corrected chi connectivity index (χ4v) is 2.90. The Balaban J connectivity index is 1.44. The number of amides is 1. The Morgan fingerprint density at radius 2 is 2.12 bits per heavy atom. The van der Waals surface area contributed by atoms with E-state index in [1.807, 2.05) is 25.3 Å². The highest BCUT2D eigenvalue weighted by Gasteiger charge is 2.15. The highest BCUT2D eigenvalue weighted by atomic mass is 16.5. The van der Waals surface area contributed by atoms with Gasteiger partial charge >= 0.3 is 0 Å². The van der Waals surface area contributed by atoms with Crippen molar-refractivity contribution in [3.05, 3.63) is 41.9 Å². The lowest BCUT2D eigenvalue weighted by molar-refractivity contribution is -0.122. The van der Waals surface area contributed by atoms with Gasteiger partial charge in [0, 0.05) is 25.0 Å². The Morgan fingerprint density at radius 1 is 1.29 bits per heavy atom. The van der Waals surface area contributed by atoms with Crippen molar-refractivity contribution in [3.63, 3.8) is 0 Å². The van der Waals surface area contributed by atoms with Crippen LogP contribution in [0.3, 0.4) is 0 Å². The van der Waals surface area contributed by atoms with Crippen LogP contribution in [-0.2, 0) is 17.9 Å². The van der Waals surface area contributed by atoms with Crippen molar-refractivity contribution < 1.29 is 9.53 Å². The number of carbonyl (C=O) groups is 1. The molecule has 1 N–H and O–H groups in total. The van der Waals surface area contributed by atoms with E-state index in [9.17, 15) is 4.79 Å². The molecule has 6 heteroatoms. The van der Waals surface area contributed by atoms with Crippen molar-refractivity contribution in [1.82, 2.24) is 20.1 Å². The number of rotatable bonds is 6. The summed E-state index contributed by atoms with van der Waals surface area (Å²) in [5, 5.41) is 6.98. The fourth-order valence-electron chi connectivity index (χ4n) is 2.90. The maximum atomic E-state index is 11.9. The van der Waals surface area contributed by atoms with Gasteiger partial charge in [0.05, 0.1) is 6.20 Å². The molecule has 24 heavy (non-hydrogen) atoms. The van der Waals surface area contributed by atoms with E-state index >= 15 is 0 Å². The van der Waals surface area contributed by atoms with Gasteiger partial charge in [-0.2, -0.15) is 5.10 Å². The van der Waals surface area contributed by atoms with Gasteiger partial charge < -0.3 is 10.1 Å². The molecule has 2 heterocycles. The van der Waals surface area contributed by atoms with Gasteiger partial charge in [0.1, 0.15) is 12.6 Å². The summed E-state index contributed by atoms with van der Waals surface area (Å²) in [6.07, 6.45) is 11.7. The van der Waals surface area contributed by atoms with Crippen molar-refractivity contribution in [1.29, 1.82) is 0 Å². The van der Waals surface area contributed by atoms with Crippen LogP contribution in [0.5, 0.6) is 5.88 Å². The predicted molar refractivity (Wildman–Crippen MR) is 90.5 cm³/mol. The van der Waals surface area contributed by atoms with Crippen LogP contribution < -0.4 is 10.1 Å². The quantitative estimate of drug-likeness (QED) is 0.885. The molecular formula is C18H24N4O2. The standard InChI is InChI=1S/C18H24N4O2/c1-14-9-21-22(12-14)13-17(23)19-10-15-7-8-18(20-11-15)24-16-5-3-2-4-6-16/h7-9,11-12,16H,2-6,10,13H2,1H3,(H,19,23). The van der Waals surface area contributed by atoms with Crippen molar-refractivity contribution in [2.45, 2.75) is 58.2 Å². The monoisotopic (exact) mass is 328 g/mol. The average Bonchev–Trinajstić information content (AvgIpc) is 3.00. The number of hydrogen-bond acceptors (Lipinski definition) is 4. The highest BCUT2D eigenvalue weighted by molar-refractivity contribution is 5.75. The normalized spacial score (nSPS) is 15.2. The minimum Gasteiger partial charge on any atom is -0.474 e. The molecule has 0 bridgehead atoms.